The highest BCUT2D eigenvalue weighted by molar-refractivity contribution is 6.11. The van der Waals surface area contributed by atoms with Gasteiger partial charge in [-0.25, -0.2) is 0 Å². The molecule has 4 rings (SSSR count). The van der Waals surface area contributed by atoms with Crippen molar-refractivity contribution >= 4 is 22.6 Å². The minimum absolute atomic E-state index is 0.0671. The molecular formula is C19H16N2O. The third-order valence-electron chi connectivity index (χ3n) is 4.30. The molecule has 3 aromatic rings. The van der Waals surface area contributed by atoms with Gasteiger partial charge in [-0.05, 0) is 46.9 Å². The van der Waals surface area contributed by atoms with Crippen LogP contribution in [0.2, 0.25) is 0 Å². The lowest BCUT2D eigenvalue weighted by Crippen LogP contribution is -1.99. The molecule has 108 valence electrons. The van der Waals surface area contributed by atoms with Crippen LogP contribution in [-0.2, 0) is 19.9 Å². The zero-order valence-electron chi connectivity index (χ0n) is 12.4. The van der Waals surface area contributed by atoms with Crippen molar-refractivity contribution < 1.29 is 4.79 Å². The minimum atomic E-state index is 0.0671. The number of hydrogen-bond acceptors (Lipinski definition) is 2. The summed E-state index contributed by atoms with van der Waals surface area (Å²) in [6.45, 7) is 0. The summed E-state index contributed by atoms with van der Waals surface area (Å²) in [5.74, 6) is 0.0671. The van der Waals surface area contributed by atoms with E-state index in [-0.39, 0.29) is 5.78 Å². The smallest absolute Gasteiger partial charge is 0.186 e. The van der Waals surface area contributed by atoms with Crippen molar-refractivity contribution in [1.29, 1.82) is 0 Å². The zero-order chi connectivity index (χ0) is 15.1. The molecule has 0 N–H and O–H groups in total. The van der Waals surface area contributed by atoms with Crippen LogP contribution in [0.5, 0.6) is 0 Å². The maximum atomic E-state index is 12.6. The summed E-state index contributed by atoms with van der Waals surface area (Å²) in [4.78, 5) is 12.6. The van der Waals surface area contributed by atoms with Crippen molar-refractivity contribution in [2.45, 2.75) is 12.8 Å². The third kappa shape index (κ3) is 2.06. The van der Waals surface area contributed by atoms with E-state index in [2.05, 4.69) is 29.4 Å². The van der Waals surface area contributed by atoms with E-state index < -0.39 is 0 Å². The summed E-state index contributed by atoms with van der Waals surface area (Å²) in [7, 11) is 1.87. The first-order chi connectivity index (χ1) is 10.7. The molecule has 0 aliphatic heterocycles. The van der Waals surface area contributed by atoms with Gasteiger partial charge in [0.25, 0.3) is 0 Å². The van der Waals surface area contributed by atoms with Gasteiger partial charge in [0.2, 0.25) is 0 Å². The summed E-state index contributed by atoms with van der Waals surface area (Å²) >= 11 is 0. The van der Waals surface area contributed by atoms with Crippen molar-refractivity contribution in [2.75, 3.05) is 0 Å². The fraction of sp³-hybridized carbons (Fsp3) is 0.158. The Morgan fingerprint density at radius 2 is 2.14 bits per heavy atom. The number of benzene rings is 2. The molecule has 0 atom stereocenters. The molecule has 0 saturated carbocycles. The lowest BCUT2D eigenvalue weighted by atomic mass is 9.97. The van der Waals surface area contributed by atoms with Gasteiger partial charge in [-0.15, -0.1) is 0 Å². The Bertz CT molecular complexity index is 918. The number of allylic oxidation sites excluding steroid dienone is 1. The van der Waals surface area contributed by atoms with E-state index in [1.54, 1.807) is 17.0 Å². The van der Waals surface area contributed by atoms with Gasteiger partial charge in [0.15, 0.2) is 5.78 Å². The van der Waals surface area contributed by atoms with E-state index in [4.69, 9.17) is 0 Å². The second kappa shape index (κ2) is 4.95. The van der Waals surface area contributed by atoms with E-state index in [0.29, 0.717) is 0 Å². The van der Waals surface area contributed by atoms with Crippen LogP contribution in [0.3, 0.4) is 0 Å². The SMILES string of the molecule is Cn1cc(/C=C/C(=O)c2ccc3cccc4c3c2CC4)cn1. The molecule has 0 unspecified atom stereocenters. The predicted molar refractivity (Wildman–Crippen MR) is 87.9 cm³/mol. The van der Waals surface area contributed by atoms with Crippen LogP contribution in [0.1, 0.15) is 27.0 Å². The van der Waals surface area contributed by atoms with Gasteiger partial charge in [-0.3, -0.25) is 9.48 Å². The fourth-order valence-corrected chi connectivity index (χ4v) is 3.28. The van der Waals surface area contributed by atoms with Gasteiger partial charge in [0, 0.05) is 24.4 Å². The Morgan fingerprint density at radius 3 is 2.95 bits per heavy atom. The summed E-state index contributed by atoms with van der Waals surface area (Å²) in [5, 5.41) is 6.62. The average Bonchev–Trinajstić information content (AvgIpc) is 3.14. The summed E-state index contributed by atoms with van der Waals surface area (Å²) in [5.41, 5.74) is 4.33. The quantitative estimate of drug-likeness (QED) is 0.545. The number of ketones is 1. The second-order valence-corrected chi connectivity index (χ2v) is 5.75. The Kier molecular flexibility index (Phi) is 2.93. The molecule has 0 amide bonds. The second-order valence-electron chi connectivity index (χ2n) is 5.75. The lowest BCUT2D eigenvalue weighted by molar-refractivity contribution is 0.104. The van der Waals surface area contributed by atoms with Gasteiger partial charge in [-0.1, -0.05) is 30.3 Å². The van der Waals surface area contributed by atoms with E-state index >= 15 is 0 Å². The topological polar surface area (TPSA) is 34.9 Å². The van der Waals surface area contributed by atoms with E-state index in [9.17, 15) is 4.79 Å². The lowest BCUT2D eigenvalue weighted by Gasteiger charge is -2.06. The minimum Gasteiger partial charge on any atom is -0.289 e. The van der Waals surface area contributed by atoms with Crippen molar-refractivity contribution in [2.24, 2.45) is 7.05 Å². The highest BCUT2D eigenvalue weighted by atomic mass is 16.1. The molecule has 0 radical (unpaired) electrons. The Balaban J connectivity index is 1.73. The molecule has 0 saturated heterocycles. The van der Waals surface area contributed by atoms with Crippen LogP contribution in [0.15, 0.2) is 48.8 Å². The predicted octanol–water partition coefficient (Wildman–Crippen LogP) is 3.57. The van der Waals surface area contributed by atoms with Crippen molar-refractivity contribution in [3.05, 3.63) is 71.1 Å². The van der Waals surface area contributed by atoms with Gasteiger partial charge in [-0.2, -0.15) is 5.10 Å². The number of rotatable bonds is 3. The van der Waals surface area contributed by atoms with E-state index in [1.165, 1.54) is 21.9 Å². The zero-order valence-corrected chi connectivity index (χ0v) is 12.4. The van der Waals surface area contributed by atoms with Gasteiger partial charge >= 0.3 is 0 Å². The van der Waals surface area contributed by atoms with Crippen molar-refractivity contribution in [3.63, 3.8) is 0 Å². The molecule has 0 spiro atoms. The molecule has 1 aromatic heterocycles. The number of carbonyl (C=O) groups is 1. The van der Waals surface area contributed by atoms with Gasteiger partial charge in [0.05, 0.1) is 6.20 Å². The molecule has 1 aliphatic rings. The van der Waals surface area contributed by atoms with Gasteiger partial charge in [0.1, 0.15) is 0 Å². The number of aromatic nitrogens is 2. The molecule has 1 heterocycles. The highest BCUT2D eigenvalue weighted by Gasteiger charge is 2.19. The Morgan fingerprint density at radius 1 is 1.23 bits per heavy atom. The van der Waals surface area contributed by atoms with E-state index in [0.717, 1.165) is 24.0 Å². The third-order valence-corrected chi connectivity index (χ3v) is 4.30. The van der Waals surface area contributed by atoms with Crippen LogP contribution in [0.25, 0.3) is 16.8 Å². The van der Waals surface area contributed by atoms with Crippen molar-refractivity contribution in [1.82, 2.24) is 9.78 Å². The molecular weight excluding hydrogens is 272 g/mol. The molecule has 2 aromatic carbocycles. The first-order valence-electron chi connectivity index (χ1n) is 7.47. The molecule has 0 bridgehead atoms. The maximum absolute atomic E-state index is 12.6. The Hall–Kier alpha value is -2.68. The molecule has 1 aliphatic carbocycles. The van der Waals surface area contributed by atoms with Crippen LogP contribution in [-0.4, -0.2) is 15.6 Å². The largest absolute Gasteiger partial charge is 0.289 e. The first kappa shape index (κ1) is 13.0. The standard InChI is InChI=1S/C19H16N2O/c1-21-12-13(11-20-21)5-10-18(22)16-8-6-14-3-2-4-15-7-9-17(16)19(14)15/h2-6,8,10-12H,7,9H2,1H3/b10-5+. The fourth-order valence-electron chi connectivity index (χ4n) is 3.28. The van der Waals surface area contributed by atoms with Gasteiger partial charge < -0.3 is 0 Å². The molecule has 3 nitrogen and oxygen atoms in total. The van der Waals surface area contributed by atoms with Crippen LogP contribution >= 0.6 is 0 Å². The van der Waals surface area contributed by atoms with Crippen molar-refractivity contribution in [3.8, 4) is 0 Å². The number of carbonyl (C=O) groups excluding carboxylic acids is 1. The summed E-state index contributed by atoms with van der Waals surface area (Å²) < 4.78 is 1.73. The Labute approximate surface area is 128 Å². The average molecular weight is 288 g/mol. The number of aryl methyl sites for hydroxylation is 3. The first-order valence-corrected chi connectivity index (χ1v) is 7.47. The molecule has 0 fully saturated rings. The monoisotopic (exact) mass is 288 g/mol. The highest BCUT2D eigenvalue weighted by Crippen LogP contribution is 2.33. The summed E-state index contributed by atoms with van der Waals surface area (Å²) in [6.07, 6.45) is 9.10. The van der Waals surface area contributed by atoms with E-state index in [1.807, 2.05) is 25.4 Å². The molecule has 22 heavy (non-hydrogen) atoms. The number of hydrogen-bond donors (Lipinski definition) is 0. The van der Waals surface area contributed by atoms with Crippen LogP contribution in [0.4, 0.5) is 0 Å². The van der Waals surface area contributed by atoms with Crippen LogP contribution < -0.4 is 0 Å². The normalized spacial score (nSPS) is 13.3. The van der Waals surface area contributed by atoms with Crippen LogP contribution in [0, 0.1) is 0 Å². The number of nitrogens with zero attached hydrogens (tertiary/aromatic N) is 2. The molecule has 3 heteroatoms. The maximum Gasteiger partial charge on any atom is 0.186 e. The summed E-state index contributed by atoms with van der Waals surface area (Å²) in [6, 6.07) is 10.4.